The Morgan fingerprint density at radius 3 is 2.59 bits per heavy atom. The summed E-state index contributed by atoms with van der Waals surface area (Å²) in [5.74, 6) is -0.270. The van der Waals surface area contributed by atoms with E-state index in [1.807, 2.05) is 0 Å². The van der Waals surface area contributed by atoms with E-state index in [4.69, 9.17) is 0 Å². The van der Waals surface area contributed by atoms with Crippen LogP contribution in [-0.4, -0.2) is 15.8 Å². The first kappa shape index (κ1) is 14.2. The van der Waals surface area contributed by atoms with Crippen LogP contribution in [0.15, 0.2) is 36.5 Å². The Kier molecular flexibility index (Phi) is 3.82. The monoisotopic (exact) mass is 297 g/mol. The third kappa shape index (κ3) is 2.81. The molecule has 1 N–H and O–H groups in total. The molecule has 6 nitrogen and oxygen atoms in total. The number of nitrogens with zero attached hydrogens (tertiary/aromatic N) is 2. The molecular formula is C16H15N3O3. The molecule has 0 saturated carbocycles. The van der Waals surface area contributed by atoms with Crippen LogP contribution in [-0.2, 0) is 12.8 Å². The maximum absolute atomic E-state index is 12.3. The highest BCUT2D eigenvalue weighted by Gasteiger charge is 2.16. The Balaban J connectivity index is 1.81. The van der Waals surface area contributed by atoms with Crippen molar-refractivity contribution >= 4 is 17.3 Å². The average molecular weight is 297 g/mol. The SMILES string of the molecule is O=C(Nc1ccnc2c1CCCC2)c1ccc([N+](=O)[O-])cc1. The van der Waals surface area contributed by atoms with E-state index in [1.54, 1.807) is 12.3 Å². The molecule has 22 heavy (non-hydrogen) atoms. The number of aromatic nitrogens is 1. The zero-order valence-electron chi connectivity index (χ0n) is 11.9. The van der Waals surface area contributed by atoms with Gasteiger partial charge in [-0.2, -0.15) is 0 Å². The molecule has 6 heteroatoms. The number of carbonyl (C=O) groups is 1. The lowest BCUT2D eigenvalue weighted by atomic mass is 9.94. The molecule has 1 aromatic carbocycles. The normalized spacial score (nSPS) is 13.3. The summed E-state index contributed by atoms with van der Waals surface area (Å²) in [6, 6.07) is 7.38. The largest absolute Gasteiger partial charge is 0.322 e. The smallest absolute Gasteiger partial charge is 0.269 e. The molecule has 1 amide bonds. The summed E-state index contributed by atoms with van der Waals surface area (Å²) in [5, 5.41) is 13.5. The second-order valence-electron chi connectivity index (χ2n) is 5.25. The van der Waals surface area contributed by atoms with Gasteiger partial charge in [-0.05, 0) is 49.4 Å². The summed E-state index contributed by atoms with van der Waals surface area (Å²) in [7, 11) is 0. The molecular weight excluding hydrogens is 282 g/mol. The van der Waals surface area contributed by atoms with Crippen LogP contribution in [0.3, 0.4) is 0 Å². The average Bonchev–Trinajstić information content (AvgIpc) is 2.55. The predicted molar refractivity (Wildman–Crippen MR) is 81.9 cm³/mol. The number of rotatable bonds is 3. The van der Waals surface area contributed by atoms with Gasteiger partial charge in [0, 0.05) is 35.3 Å². The molecule has 0 atom stereocenters. The number of anilines is 1. The van der Waals surface area contributed by atoms with Crippen molar-refractivity contribution in [2.75, 3.05) is 5.32 Å². The summed E-state index contributed by atoms with van der Waals surface area (Å²) in [6.45, 7) is 0. The van der Waals surface area contributed by atoms with Crippen molar-refractivity contribution in [1.82, 2.24) is 4.98 Å². The number of nitro benzene ring substituents is 1. The Bertz CT molecular complexity index is 726. The molecule has 0 fully saturated rings. The zero-order chi connectivity index (χ0) is 15.5. The van der Waals surface area contributed by atoms with Gasteiger partial charge in [-0.3, -0.25) is 19.9 Å². The third-order valence-corrected chi connectivity index (χ3v) is 3.82. The predicted octanol–water partition coefficient (Wildman–Crippen LogP) is 3.12. The lowest BCUT2D eigenvalue weighted by molar-refractivity contribution is -0.384. The molecule has 1 heterocycles. The Labute approximate surface area is 127 Å². The number of aryl methyl sites for hydroxylation is 1. The number of pyridine rings is 1. The van der Waals surface area contributed by atoms with Gasteiger partial charge in [0.2, 0.25) is 0 Å². The molecule has 1 aliphatic rings. The van der Waals surface area contributed by atoms with Crippen molar-refractivity contribution in [3.05, 3.63) is 63.5 Å². The van der Waals surface area contributed by atoms with Crippen LogP contribution >= 0.6 is 0 Å². The van der Waals surface area contributed by atoms with E-state index in [2.05, 4.69) is 10.3 Å². The fourth-order valence-electron chi connectivity index (χ4n) is 2.67. The van der Waals surface area contributed by atoms with E-state index >= 15 is 0 Å². The van der Waals surface area contributed by atoms with Crippen molar-refractivity contribution in [1.29, 1.82) is 0 Å². The Morgan fingerprint density at radius 2 is 1.86 bits per heavy atom. The Hall–Kier alpha value is -2.76. The summed E-state index contributed by atoms with van der Waals surface area (Å²) in [5.41, 5.74) is 3.30. The zero-order valence-corrected chi connectivity index (χ0v) is 11.9. The van der Waals surface area contributed by atoms with Gasteiger partial charge < -0.3 is 5.32 Å². The van der Waals surface area contributed by atoms with E-state index in [0.717, 1.165) is 42.6 Å². The maximum atomic E-state index is 12.3. The number of hydrogen-bond donors (Lipinski definition) is 1. The summed E-state index contributed by atoms with van der Waals surface area (Å²) >= 11 is 0. The number of nitro groups is 1. The third-order valence-electron chi connectivity index (χ3n) is 3.82. The van der Waals surface area contributed by atoms with Crippen LogP contribution in [0.1, 0.15) is 34.5 Å². The molecule has 0 radical (unpaired) electrons. The van der Waals surface area contributed by atoms with Gasteiger partial charge >= 0.3 is 0 Å². The topological polar surface area (TPSA) is 85.1 Å². The highest BCUT2D eigenvalue weighted by Crippen LogP contribution is 2.26. The summed E-state index contributed by atoms with van der Waals surface area (Å²) in [4.78, 5) is 26.8. The second kappa shape index (κ2) is 5.93. The van der Waals surface area contributed by atoms with Gasteiger partial charge in [0.1, 0.15) is 0 Å². The second-order valence-corrected chi connectivity index (χ2v) is 5.25. The summed E-state index contributed by atoms with van der Waals surface area (Å²) < 4.78 is 0. The fourth-order valence-corrected chi connectivity index (χ4v) is 2.67. The van der Waals surface area contributed by atoms with E-state index in [1.165, 1.54) is 24.3 Å². The van der Waals surface area contributed by atoms with Crippen LogP contribution < -0.4 is 5.32 Å². The first-order valence-electron chi connectivity index (χ1n) is 7.18. The van der Waals surface area contributed by atoms with E-state index < -0.39 is 4.92 Å². The number of hydrogen-bond acceptors (Lipinski definition) is 4. The molecule has 0 saturated heterocycles. The minimum Gasteiger partial charge on any atom is -0.322 e. The molecule has 3 rings (SSSR count). The number of amides is 1. The molecule has 1 aromatic heterocycles. The maximum Gasteiger partial charge on any atom is 0.269 e. The molecule has 0 aliphatic heterocycles. The number of benzene rings is 1. The van der Waals surface area contributed by atoms with Gasteiger partial charge in [0.05, 0.1) is 4.92 Å². The van der Waals surface area contributed by atoms with E-state index in [9.17, 15) is 14.9 Å². The van der Waals surface area contributed by atoms with Gasteiger partial charge in [0.15, 0.2) is 0 Å². The number of fused-ring (bicyclic) bond motifs is 1. The van der Waals surface area contributed by atoms with Gasteiger partial charge in [-0.15, -0.1) is 0 Å². The van der Waals surface area contributed by atoms with Crippen molar-refractivity contribution in [3.63, 3.8) is 0 Å². The summed E-state index contributed by atoms with van der Waals surface area (Å²) in [6.07, 6.45) is 5.78. The first-order chi connectivity index (χ1) is 10.6. The molecule has 2 aromatic rings. The Morgan fingerprint density at radius 1 is 1.14 bits per heavy atom. The van der Waals surface area contributed by atoms with E-state index in [-0.39, 0.29) is 11.6 Å². The van der Waals surface area contributed by atoms with Crippen LogP contribution in [0.5, 0.6) is 0 Å². The van der Waals surface area contributed by atoms with E-state index in [0.29, 0.717) is 5.56 Å². The quantitative estimate of drug-likeness (QED) is 0.696. The van der Waals surface area contributed by atoms with Crippen LogP contribution in [0.2, 0.25) is 0 Å². The van der Waals surface area contributed by atoms with Crippen molar-refractivity contribution in [2.45, 2.75) is 25.7 Å². The van der Waals surface area contributed by atoms with Crippen molar-refractivity contribution in [3.8, 4) is 0 Å². The van der Waals surface area contributed by atoms with Crippen molar-refractivity contribution in [2.24, 2.45) is 0 Å². The standard InChI is InChI=1S/C16H15N3O3/c20-16(11-5-7-12(8-6-11)19(21)22)18-15-9-10-17-14-4-2-1-3-13(14)15/h5-10H,1-4H2,(H,17,18,20). The molecule has 0 unspecified atom stereocenters. The first-order valence-corrected chi connectivity index (χ1v) is 7.18. The number of nitrogens with one attached hydrogen (secondary N) is 1. The van der Waals surface area contributed by atoms with Crippen LogP contribution in [0, 0.1) is 10.1 Å². The lowest BCUT2D eigenvalue weighted by Crippen LogP contribution is -2.16. The van der Waals surface area contributed by atoms with Gasteiger partial charge in [-0.1, -0.05) is 0 Å². The fraction of sp³-hybridized carbons (Fsp3) is 0.250. The minimum absolute atomic E-state index is 0.0298. The molecule has 0 spiro atoms. The highest BCUT2D eigenvalue weighted by molar-refractivity contribution is 6.04. The van der Waals surface area contributed by atoms with Crippen molar-refractivity contribution < 1.29 is 9.72 Å². The van der Waals surface area contributed by atoms with Crippen LogP contribution in [0.25, 0.3) is 0 Å². The van der Waals surface area contributed by atoms with Gasteiger partial charge in [0.25, 0.3) is 11.6 Å². The lowest BCUT2D eigenvalue weighted by Gasteiger charge is -2.18. The number of non-ortho nitro benzene ring substituents is 1. The minimum atomic E-state index is -0.485. The van der Waals surface area contributed by atoms with Crippen LogP contribution in [0.4, 0.5) is 11.4 Å². The molecule has 112 valence electrons. The molecule has 1 aliphatic carbocycles. The molecule has 0 bridgehead atoms. The van der Waals surface area contributed by atoms with Gasteiger partial charge in [-0.25, -0.2) is 0 Å². The highest BCUT2D eigenvalue weighted by atomic mass is 16.6. The number of carbonyl (C=O) groups excluding carboxylic acids is 1.